The zero-order valence-corrected chi connectivity index (χ0v) is 22.0. The van der Waals surface area contributed by atoms with Crippen molar-refractivity contribution in [3.8, 4) is 11.5 Å². The molecule has 2 aromatic rings. The fourth-order valence-electron chi connectivity index (χ4n) is 2.25. The molecule has 0 spiro atoms. The Morgan fingerprint density at radius 2 is 1.70 bits per heavy atom. The summed E-state index contributed by atoms with van der Waals surface area (Å²) in [7, 11) is 0. The van der Waals surface area contributed by atoms with Crippen molar-refractivity contribution in [2.45, 2.75) is 54.1 Å². The maximum atomic E-state index is 11.6. The van der Waals surface area contributed by atoms with Crippen LogP contribution in [0.15, 0.2) is 65.3 Å². The van der Waals surface area contributed by atoms with Gasteiger partial charge in [-0.25, -0.2) is 4.79 Å². The van der Waals surface area contributed by atoms with E-state index in [0.717, 1.165) is 4.47 Å². The fourth-order valence-corrected chi connectivity index (χ4v) is 2.65. The summed E-state index contributed by atoms with van der Waals surface area (Å²) in [6.45, 7) is 12.2. The van der Waals surface area contributed by atoms with Crippen molar-refractivity contribution in [2.24, 2.45) is 0 Å². The molecule has 0 bridgehead atoms. The molecule has 0 radical (unpaired) electrons. The molecule has 0 aromatic heterocycles. The zero-order valence-electron chi connectivity index (χ0n) is 20.4. The summed E-state index contributed by atoms with van der Waals surface area (Å²) < 4.78 is 22.3. The smallest absolute Gasteiger partial charge is 0.347 e. The van der Waals surface area contributed by atoms with E-state index >= 15 is 0 Å². The van der Waals surface area contributed by atoms with E-state index in [0.29, 0.717) is 36.7 Å². The number of esters is 1. The van der Waals surface area contributed by atoms with Gasteiger partial charge in [-0.3, -0.25) is 5.41 Å². The molecule has 0 heterocycles. The van der Waals surface area contributed by atoms with Crippen molar-refractivity contribution in [2.75, 3.05) is 13.2 Å². The van der Waals surface area contributed by atoms with E-state index in [1.165, 1.54) is 6.26 Å². The van der Waals surface area contributed by atoms with Gasteiger partial charge in [-0.15, -0.1) is 0 Å². The molecular weight excluding hydrogens is 486 g/mol. The van der Waals surface area contributed by atoms with Crippen LogP contribution in [-0.2, 0) is 14.3 Å². The third-order valence-corrected chi connectivity index (χ3v) is 4.17. The Bertz CT molecular complexity index is 837. The fraction of sp³-hybridized carbons (Fsp3) is 0.385. The first-order valence-corrected chi connectivity index (χ1v) is 12.0. The van der Waals surface area contributed by atoms with Crippen molar-refractivity contribution in [1.29, 1.82) is 5.41 Å². The molecule has 2 aromatic carbocycles. The molecule has 33 heavy (non-hydrogen) atoms. The molecular formula is C26H36BrNO5. The highest BCUT2D eigenvalue weighted by atomic mass is 79.9. The highest BCUT2D eigenvalue weighted by molar-refractivity contribution is 9.10. The highest BCUT2D eigenvalue weighted by Gasteiger charge is 2.15. The van der Waals surface area contributed by atoms with Crippen molar-refractivity contribution in [1.82, 2.24) is 0 Å². The van der Waals surface area contributed by atoms with Gasteiger partial charge in [-0.1, -0.05) is 49.7 Å². The summed E-state index contributed by atoms with van der Waals surface area (Å²) in [5.74, 6) is 0.945. The summed E-state index contributed by atoms with van der Waals surface area (Å²) >= 11 is 3.37. The highest BCUT2D eigenvalue weighted by Crippen LogP contribution is 2.19. The van der Waals surface area contributed by atoms with Gasteiger partial charge in [0.2, 0.25) is 5.90 Å². The van der Waals surface area contributed by atoms with Crippen molar-refractivity contribution in [3.05, 3.63) is 70.9 Å². The minimum atomic E-state index is -0.664. The first-order chi connectivity index (χ1) is 16.0. The summed E-state index contributed by atoms with van der Waals surface area (Å²) in [5.41, 5.74) is 0.694. The summed E-state index contributed by atoms with van der Waals surface area (Å²) in [6.07, 6.45) is 3.25. The van der Waals surface area contributed by atoms with Gasteiger partial charge in [-0.2, -0.15) is 0 Å². The van der Waals surface area contributed by atoms with E-state index in [1.54, 1.807) is 44.2 Å². The lowest BCUT2D eigenvalue weighted by atomic mass is 10.2. The second-order valence-corrected chi connectivity index (χ2v) is 6.87. The van der Waals surface area contributed by atoms with Crippen molar-refractivity contribution >= 4 is 27.8 Å². The van der Waals surface area contributed by atoms with Crippen LogP contribution in [0.5, 0.6) is 11.5 Å². The third-order valence-electron chi connectivity index (χ3n) is 3.68. The average molecular weight is 522 g/mol. The van der Waals surface area contributed by atoms with Crippen LogP contribution in [0.25, 0.3) is 0 Å². The molecule has 1 N–H and O–H groups in total. The van der Waals surface area contributed by atoms with E-state index in [9.17, 15) is 4.79 Å². The molecule has 0 saturated heterocycles. The molecule has 7 heteroatoms. The van der Waals surface area contributed by atoms with Crippen LogP contribution >= 0.6 is 15.9 Å². The molecule has 1 atom stereocenters. The van der Waals surface area contributed by atoms with Crippen LogP contribution in [0.2, 0.25) is 0 Å². The Morgan fingerprint density at radius 3 is 2.30 bits per heavy atom. The molecule has 0 aliphatic rings. The Hall–Kier alpha value is -2.80. The third kappa shape index (κ3) is 12.7. The molecule has 1 unspecified atom stereocenters. The summed E-state index contributed by atoms with van der Waals surface area (Å²) in [4.78, 5) is 11.6. The summed E-state index contributed by atoms with van der Waals surface area (Å²) in [6, 6.07) is 14.4. The van der Waals surface area contributed by atoms with Crippen molar-refractivity contribution < 1.29 is 23.7 Å². The van der Waals surface area contributed by atoms with Gasteiger partial charge in [0, 0.05) is 16.5 Å². The van der Waals surface area contributed by atoms with E-state index in [2.05, 4.69) is 15.9 Å². The Balaban J connectivity index is 0.00000242. The van der Waals surface area contributed by atoms with Gasteiger partial charge in [0.05, 0.1) is 19.5 Å². The number of rotatable bonds is 10. The van der Waals surface area contributed by atoms with Gasteiger partial charge < -0.3 is 18.9 Å². The Labute approximate surface area is 206 Å². The van der Waals surface area contributed by atoms with Crippen LogP contribution in [0.1, 0.15) is 53.5 Å². The van der Waals surface area contributed by atoms with Crippen LogP contribution in [0.3, 0.4) is 0 Å². The molecule has 2 rings (SSSR count). The molecule has 0 aliphatic carbocycles. The zero-order chi connectivity index (χ0) is 25.1. The number of hydrogen-bond acceptors (Lipinski definition) is 6. The van der Waals surface area contributed by atoms with Crippen LogP contribution in [-0.4, -0.2) is 31.2 Å². The standard InChI is InChI=1S/C22H24BrNO5.2C2H6/c1-3-26-22(25)16(2)29-20-11-9-19(10-12-20)27-13-4-5-14-28-21(24)17-7-6-8-18(23)15-17;2*1-2/h5-12,14-16,24H,3-4,13H2,1-2H3;2*1-2H3/b14-5+,24-21?;;. The number of halogens is 1. The van der Waals surface area contributed by atoms with Crippen LogP contribution in [0.4, 0.5) is 0 Å². The summed E-state index contributed by atoms with van der Waals surface area (Å²) in [5, 5.41) is 7.89. The average Bonchev–Trinajstić information content (AvgIpc) is 2.84. The monoisotopic (exact) mass is 521 g/mol. The second-order valence-electron chi connectivity index (χ2n) is 5.95. The minimum Gasteiger partial charge on any atom is -0.493 e. The van der Waals surface area contributed by atoms with Gasteiger partial charge in [-0.05, 0) is 62.4 Å². The molecule has 6 nitrogen and oxygen atoms in total. The van der Waals surface area contributed by atoms with Crippen LogP contribution < -0.4 is 9.47 Å². The normalized spacial score (nSPS) is 10.6. The van der Waals surface area contributed by atoms with E-state index in [-0.39, 0.29) is 5.90 Å². The topological polar surface area (TPSA) is 77.8 Å². The number of carbonyl (C=O) groups excluding carboxylic acids is 1. The molecule has 0 amide bonds. The lowest BCUT2D eigenvalue weighted by Gasteiger charge is -2.13. The van der Waals surface area contributed by atoms with Gasteiger partial charge in [0.15, 0.2) is 6.10 Å². The predicted octanol–water partition coefficient (Wildman–Crippen LogP) is 7.16. The van der Waals surface area contributed by atoms with Crippen LogP contribution in [0, 0.1) is 5.41 Å². The molecule has 0 fully saturated rings. The van der Waals surface area contributed by atoms with Crippen molar-refractivity contribution in [3.63, 3.8) is 0 Å². The number of benzene rings is 2. The van der Waals surface area contributed by atoms with E-state index < -0.39 is 12.1 Å². The second kappa shape index (κ2) is 18.7. The molecule has 182 valence electrons. The van der Waals surface area contributed by atoms with E-state index in [4.69, 9.17) is 24.4 Å². The van der Waals surface area contributed by atoms with Gasteiger partial charge >= 0.3 is 5.97 Å². The SMILES string of the molecule is CC.CC.CCOC(=O)C(C)Oc1ccc(OCC/C=C/OC(=N)c2cccc(Br)c2)cc1. The number of nitrogens with one attached hydrogen (secondary N) is 1. The Kier molecular flexibility index (Phi) is 17.2. The Morgan fingerprint density at radius 1 is 1.06 bits per heavy atom. The number of hydrogen-bond donors (Lipinski definition) is 1. The van der Waals surface area contributed by atoms with E-state index in [1.807, 2.05) is 52.0 Å². The predicted molar refractivity (Wildman–Crippen MR) is 137 cm³/mol. The maximum absolute atomic E-state index is 11.6. The minimum absolute atomic E-state index is 0.0797. The molecule has 0 saturated carbocycles. The number of ether oxygens (including phenoxy) is 4. The first-order valence-electron chi connectivity index (χ1n) is 11.2. The lowest BCUT2D eigenvalue weighted by molar-refractivity contribution is -0.150. The number of carbonyl (C=O) groups is 1. The maximum Gasteiger partial charge on any atom is 0.347 e. The van der Waals surface area contributed by atoms with Gasteiger partial charge in [0.25, 0.3) is 0 Å². The molecule has 0 aliphatic heterocycles. The van der Waals surface area contributed by atoms with Gasteiger partial charge in [0.1, 0.15) is 11.5 Å². The lowest BCUT2D eigenvalue weighted by Crippen LogP contribution is -2.25. The largest absolute Gasteiger partial charge is 0.493 e. The first kappa shape index (κ1) is 30.2. The quantitative estimate of drug-likeness (QED) is 0.118.